The summed E-state index contributed by atoms with van der Waals surface area (Å²) in [5, 5.41) is 9.16. The molecule has 0 aliphatic heterocycles. The molecule has 5 rings (SSSR count). The topological polar surface area (TPSA) is 102 Å². The van der Waals surface area contributed by atoms with Crippen LogP contribution in [0.15, 0.2) is 91.4 Å². The van der Waals surface area contributed by atoms with E-state index in [0.29, 0.717) is 13.0 Å². The van der Waals surface area contributed by atoms with Crippen molar-refractivity contribution < 1.29 is 14.3 Å². The van der Waals surface area contributed by atoms with Gasteiger partial charge in [0.2, 0.25) is 0 Å². The number of nitrogens with zero attached hydrogens (tertiary/aromatic N) is 4. The van der Waals surface area contributed by atoms with Crippen LogP contribution in [0.4, 0.5) is 11.5 Å². The standard InChI is InChI=1S/C37H44N6O3/c1-45-36(44)16-8-23-43(24-9-21-38-34-19-22-39-33-15-6-5-14-31(33)34)25-10-26-46-30-17-18-32-35(27-30)41-28-42-37(32)40-20-7-13-29-11-3-2-4-12-29/h2-6,11-12,14-15,17-19,22,27-28H,7-10,13,16,20-21,23-26H2,1H3,(H,38,39)(H,40,41,42). The van der Waals surface area contributed by atoms with Crippen LogP contribution in [-0.4, -0.2) is 72.3 Å². The number of carbonyl (C=O) groups is 1. The maximum Gasteiger partial charge on any atom is 0.305 e. The molecule has 0 amide bonds. The molecule has 3 aromatic carbocycles. The van der Waals surface area contributed by atoms with E-state index < -0.39 is 0 Å². The number of nitrogens with one attached hydrogen (secondary N) is 2. The molecule has 9 nitrogen and oxygen atoms in total. The van der Waals surface area contributed by atoms with Crippen molar-refractivity contribution in [3.63, 3.8) is 0 Å². The molecule has 240 valence electrons. The summed E-state index contributed by atoms with van der Waals surface area (Å²) < 4.78 is 11.0. The molecule has 0 unspecified atom stereocenters. The SMILES string of the molecule is COC(=O)CCCN(CCCNc1ccnc2ccccc12)CCCOc1ccc2c(NCCCc3ccccc3)ncnc2c1. The Morgan fingerprint density at radius 1 is 0.761 bits per heavy atom. The number of ether oxygens (including phenoxy) is 2. The maximum absolute atomic E-state index is 11.7. The third-order valence-corrected chi connectivity index (χ3v) is 7.97. The molecule has 9 heteroatoms. The van der Waals surface area contributed by atoms with Gasteiger partial charge in [-0.2, -0.15) is 0 Å². The van der Waals surface area contributed by atoms with Crippen molar-refractivity contribution in [1.82, 2.24) is 19.9 Å². The third-order valence-electron chi connectivity index (χ3n) is 7.97. The smallest absolute Gasteiger partial charge is 0.305 e. The first kappa shape index (κ1) is 32.6. The highest BCUT2D eigenvalue weighted by molar-refractivity contribution is 5.91. The maximum atomic E-state index is 11.7. The van der Waals surface area contributed by atoms with Crippen LogP contribution in [0.1, 0.15) is 37.7 Å². The van der Waals surface area contributed by atoms with Crippen LogP contribution >= 0.6 is 0 Å². The fourth-order valence-electron chi connectivity index (χ4n) is 5.55. The fraction of sp³-hybridized carbons (Fsp3) is 0.351. The lowest BCUT2D eigenvalue weighted by Crippen LogP contribution is -2.29. The number of hydrogen-bond donors (Lipinski definition) is 2. The van der Waals surface area contributed by atoms with Crippen molar-refractivity contribution >= 4 is 39.3 Å². The number of hydrogen-bond acceptors (Lipinski definition) is 9. The van der Waals surface area contributed by atoms with E-state index in [1.54, 1.807) is 6.33 Å². The zero-order chi connectivity index (χ0) is 31.8. The van der Waals surface area contributed by atoms with Gasteiger partial charge in [-0.15, -0.1) is 0 Å². The molecule has 0 aliphatic rings. The lowest BCUT2D eigenvalue weighted by Gasteiger charge is -2.22. The van der Waals surface area contributed by atoms with Gasteiger partial charge < -0.3 is 25.0 Å². The molecule has 46 heavy (non-hydrogen) atoms. The molecule has 5 aromatic rings. The fourth-order valence-corrected chi connectivity index (χ4v) is 5.55. The third kappa shape index (κ3) is 9.87. The van der Waals surface area contributed by atoms with Crippen molar-refractivity contribution in [2.24, 2.45) is 0 Å². The van der Waals surface area contributed by atoms with Gasteiger partial charge in [-0.25, -0.2) is 9.97 Å². The van der Waals surface area contributed by atoms with Crippen LogP contribution in [0.25, 0.3) is 21.8 Å². The minimum Gasteiger partial charge on any atom is -0.493 e. The molecule has 0 saturated carbocycles. The van der Waals surface area contributed by atoms with E-state index in [9.17, 15) is 4.79 Å². The normalized spacial score (nSPS) is 11.2. The summed E-state index contributed by atoms with van der Waals surface area (Å²) in [4.78, 5) is 27.5. The van der Waals surface area contributed by atoms with E-state index in [1.165, 1.54) is 12.7 Å². The Morgan fingerprint density at radius 2 is 1.57 bits per heavy atom. The molecule has 2 aromatic heterocycles. The number of esters is 1. The number of benzene rings is 3. The van der Waals surface area contributed by atoms with Crippen LogP contribution in [-0.2, 0) is 16.0 Å². The predicted octanol–water partition coefficient (Wildman–Crippen LogP) is 6.75. The summed E-state index contributed by atoms with van der Waals surface area (Å²) in [7, 11) is 1.44. The molecule has 0 spiro atoms. The molecular formula is C37H44N6O3. The van der Waals surface area contributed by atoms with Gasteiger partial charge in [0.25, 0.3) is 0 Å². The summed E-state index contributed by atoms with van der Waals surface area (Å²) in [5.41, 5.74) is 4.29. The van der Waals surface area contributed by atoms with Gasteiger partial charge in [0.1, 0.15) is 17.9 Å². The number of fused-ring (bicyclic) bond motifs is 2. The summed E-state index contributed by atoms with van der Waals surface area (Å²) in [6.07, 6.45) is 8.53. The van der Waals surface area contributed by atoms with E-state index in [1.807, 2.05) is 54.7 Å². The number of anilines is 2. The number of pyridine rings is 1. The number of carbonyl (C=O) groups excluding carboxylic acids is 1. The summed E-state index contributed by atoms with van der Waals surface area (Å²) in [6, 6.07) is 26.7. The minimum atomic E-state index is -0.167. The number of aromatic nitrogens is 3. The van der Waals surface area contributed by atoms with Crippen LogP contribution in [0.3, 0.4) is 0 Å². The lowest BCUT2D eigenvalue weighted by molar-refractivity contribution is -0.140. The van der Waals surface area contributed by atoms with Crippen molar-refractivity contribution in [3.8, 4) is 5.75 Å². The minimum absolute atomic E-state index is 0.167. The first-order valence-electron chi connectivity index (χ1n) is 16.2. The Labute approximate surface area is 271 Å². The van der Waals surface area contributed by atoms with Gasteiger partial charge >= 0.3 is 5.97 Å². The molecule has 0 fully saturated rings. The van der Waals surface area contributed by atoms with Gasteiger partial charge in [-0.1, -0.05) is 48.5 Å². The zero-order valence-electron chi connectivity index (χ0n) is 26.7. The second-order valence-corrected chi connectivity index (χ2v) is 11.3. The van der Waals surface area contributed by atoms with Crippen molar-refractivity contribution in [2.45, 2.75) is 38.5 Å². The van der Waals surface area contributed by atoms with Crippen molar-refractivity contribution in [3.05, 3.63) is 97.0 Å². The van der Waals surface area contributed by atoms with Crippen LogP contribution in [0.5, 0.6) is 5.75 Å². The summed E-state index contributed by atoms with van der Waals surface area (Å²) in [5.74, 6) is 1.48. The average molecular weight is 621 g/mol. The highest BCUT2D eigenvalue weighted by Crippen LogP contribution is 2.24. The quantitative estimate of drug-likeness (QED) is 0.0767. The Hall–Kier alpha value is -4.76. The van der Waals surface area contributed by atoms with Gasteiger partial charge in [0, 0.05) is 54.8 Å². The van der Waals surface area contributed by atoms with Gasteiger partial charge in [0.15, 0.2) is 0 Å². The van der Waals surface area contributed by atoms with E-state index in [4.69, 9.17) is 9.47 Å². The Balaban J connectivity index is 1.07. The number of methoxy groups -OCH3 is 1. The zero-order valence-corrected chi connectivity index (χ0v) is 26.7. The molecule has 0 bridgehead atoms. The average Bonchev–Trinajstić information content (AvgIpc) is 3.10. The van der Waals surface area contributed by atoms with Crippen LogP contribution in [0, 0.1) is 0 Å². The lowest BCUT2D eigenvalue weighted by atomic mass is 10.1. The van der Waals surface area contributed by atoms with Crippen LogP contribution < -0.4 is 15.4 Å². The Bertz CT molecular complexity index is 1660. The van der Waals surface area contributed by atoms with Gasteiger partial charge in [-0.3, -0.25) is 9.78 Å². The number of aryl methyl sites for hydroxylation is 1. The monoisotopic (exact) mass is 620 g/mol. The predicted molar refractivity (Wildman–Crippen MR) is 185 cm³/mol. The second kappa shape index (κ2) is 17.7. The number of rotatable bonds is 19. The Kier molecular flexibility index (Phi) is 12.5. The first-order chi connectivity index (χ1) is 22.7. The first-order valence-corrected chi connectivity index (χ1v) is 16.2. The summed E-state index contributed by atoms with van der Waals surface area (Å²) >= 11 is 0. The molecule has 0 atom stereocenters. The van der Waals surface area contributed by atoms with Crippen LogP contribution in [0.2, 0.25) is 0 Å². The summed E-state index contributed by atoms with van der Waals surface area (Å²) in [6.45, 7) is 4.92. The van der Waals surface area contributed by atoms with Crippen molar-refractivity contribution in [1.29, 1.82) is 0 Å². The molecule has 0 radical (unpaired) electrons. The second-order valence-electron chi connectivity index (χ2n) is 11.3. The number of para-hydroxylation sites is 1. The molecule has 2 N–H and O–H groups in total. The van der Waals surface area contributed by atoms with Gasteiger partial charge in [-0.05, 0) is 75.0 Å². The van der Waals surface area contributed by atoms with E-state index >= 15 is 0 Å². The van der Waals surface area contributed by atoms with E-state index in [-0.39, 0.29) is 5.97 Å². The largest absolute Gasteiger partial charge is 0.493 e. The van der Waals surface area contributed by atoms with E-state index in [0.717, 1.165) is 104 Å². The van der Waals surface area contributed by atoms with Crippen molar-refractivity contribution in [2.75, 3.05) is 57.1 Å². The molecule has 0 aliphatic carbocycles. The molecule has 0 saturated heterocycles. The van der Waals surface area contributed by atoms with Gasteiger partial charge in [0.05, 0.1) is 24.8 Å². The Morgan fingerprint density at radius 3 is 2.46 bits per heavy atom. The van der Waals surface area contributed by atoms with E-state index in [2.05, 4.69) is 60.8 Å². The molecular weight excluding hydrogens is 576 g/mol. The highest BCUT2D eigenvalue weighted by Gasteiger charge is 2.09. The molecule has 2 heterocycles. The highest BCUT2D eigenvalue weighted by atomic mass is 16.5.